The van der Waals surface area contributed by atoms with E-state index in [-0.39, 0.29) is 6.54 Å². The van der Waals surface area contributed by atoms with Crippen LogP contribution in [0.4, 0.5) is 0 Å². The van der Waals surface area contributed by atoms with E-state index >= 15 is 0 Å². The lowest BCUT2D eigenvalue weighted by Gasteiger charge is -2.27. The number of nitrogens with zero attached hydrogens (tertiary/aromatic N) is 1. The smallest absolute Gasteiger partial charge is 0.317 e. The second-order valence-corrected chi connectivity index (χ2v) is 6.05. The molecule has 1 N–H and O–H groups in total. The lowest BCUT2D eigenvalue weighted by molar-refractivity contribution is -0.139. The summed E-state index contributed by atoms with van der Waals surface area (Å²) in [6.07, 6.45) is 4.57. The second kappa shape index (κ2) is 7.09. The molecule has 1 aromatic carbocycles. The van der Waals surface area contributed by atoms with E-state index in [0.29, 0.717) is 12.6 Å². The fraction of sp³-hybridized carbons (Fsp3) is 0.533. The van der Waals surface area contributed by atoms with Crippen molar-refractivity contribution in [2.45, 2.75) is 38.3 Å². The predicted molar refractivity (Wildman–Crippen MR) is 81.0 cm³/mol. The molecule has 0 radical (unpaired) electrons. The number of benzene rings is 1. The van der Waals surface area contributed by atoms with E-state index in [1.165, 1.54) is 12.8 Å². The molecule has 4 nitrogen and oxygen atoms in total. The van der Waals surface area contributed by atoms with Crippen molar-refractivity contribution in [2.24, 2.45) is 0 Å². The van der Waals surface area contributed by atoms with Crippen LogP contribution >= 0.6 is 15.9 Å². The summed E-state index contributed by atoms with van der Waals surface area (Å²) in [7, 11) is 1.64. The lowest BCUT2D eigenvalue weighted by atomic mass is 10.1. The Balaban J connectivity index is 2.15. The van der Waals surface area contributed by atoms with Gasteiger partial charge in [0.05, 0.1) is 13.7 Å². The molecule has 0 amide bonds. The molecule has 0 atom stereocenters. The summed E-state index contributed by atoms with van der Waals surface area (Å²) in [6, 6.07) is 6.18. The van der Waals surface area contributed by atoms with Crippen LogP contribution in [0.15, 0.2) is 22.7 Å². The van der Waals surface area contributed by atoms with Gasteiger partial charge in [-0.2, -0.15) is 0 Å². The number of hydrogen-bond donors (Lipinski definition) is 1. The topological polar surface area (TPSA) is 49.8 Å². The van der Waals surface area contributed by atoms with E-state index < -0.39 is 5.97 Å². The van der Waals surface area contributed by atoms with Gasteiger partial charge in [-0.3, -0.25) is 9.69 Å². The Kier molecular flexibility index (Phi) is 5.43. The van der Waals surface area contributed by atoms with Crippen molar-refractivity contribution >= 4 is 21.9 Å². The molecule has 20 heavy (non-hydrogen) atoms. The number of aliphatic carboxylic acids is 1. The van der Waals surface area contributed by atoms with Crippen LogP contribution in [-0.4, -0.2) is 35.7 Å². The van der Waals surface area contributed by atoms with Gasteiger partial charge in [-0.15, -0.1) is 0 Å². The number of ether oxygens (including phenoxy) is 1. The van der Waals surface area contributed by atoms with Crippen molar-refractivity contribution in [2.75, 3.05) is 13.7 Å². The van der Waals surface area contributed by atoms with Gasteiger partial charge in [0.25, 0.3) is 0 Å². The fourth-order valence-electron chi connectivity index (χ4n) is 2.78. The molecule has 0 spiro atoms. The Hall–Kier alpha value is -1.07. The third-order valence-electron chi connectivity index (χ3n) is 3.81. The molecule has 1 aliphatic rings. The normalized spacial score (nSPS) is 15.8. The Morgan fingerprint density at radius 1 is 1.45 bits per heavy atom. The van der Waals surface area contributed by atoms with E-state index in [4.69, 9.17) is 9.84 Å². The Labute approximate surface area is 127 Å². The largest absolute Gasteiger partial charge is 0.497 e. The van der Waals surface area contributed by atoms with Gasteiger partial charge in [-0.25, -0.2) is 0 Å². The summed E-state index contributed by atoms with van der Waals surface area (Å²) in [5, 5.41) is 9.11. The van der Waals surface area contributed by atoms with Crippen molar-refractivity contribution < 1.29 is 14.6 Å². The zero-order chi connectivity index (χ0) is 14.5. The maximum absolute atomic E-state index is 11.1. The van der Waals surface area contributed by atoms with E-state index in [0.717, 1.165) is 28.6 Å². The van der Waals surface area contributed by atoms with Gasteiger partial charge in [-0.05, 0) is 36.6 Å². The molecular formula is C15H20BrNO3. The van der Waals surface area contributed by atoms with E-state index in [1.807, 2.05) is 18.2 Å². The second-order valence-electron chi connectivity index (χ2n) is 5.19. The van der Waals surface area contributed by atoms with Gasteiger partial charge in [0.15, 0.2) is 0 Å². The molecule has 0 aromatic heterocycles. The monoisotopic (exact) mass is 341 g/mol. The Morgan fingerprint density at radius 2 is 2.15 bits per heavy atom. The van der Waals surface area contributed by atoms with Crippen LogP contribution in [0.2, 0.25) is 0 Å². The van der Waals surface area contributed by atoms with Crippen molar-refractivity contribution in [3.05, 3.63) is 28.2 Å². The molecule has 5 heteroatoms. The van der Waals surface area contributed by atoms with Gasteiger partial charge in [0.1, 0.15) is 5.75 Å². The van der Waals surface area contributed by atoms with E-state index in [2.05, 4.69) is 20.8 Å². The molecule has 0 unspecified atom stereocenters. The van der Waals surface area contributed by atoms with Crippen molar-refractivity contribution in [1.29, 1.82) is 0 Å². The number of carboxylic acids is 1. The molecule has 110 valence electrons. The molecule has 2 rings (SSSR count). The highest BCUT2D eigenvalue weighted by Gasteiger charge is 2.25. The van der Waals surface area contributed by atoms with Crippen LogP contribution in [-0.2, 0) is 11.3 Å². The minimum Gasteiger partial charge on any atom is -0.497 e. The van der Waals surface area contributed by atoms with Gasteiger partial charge < -0.3 is 9.84 Å². The van der Waals surface area contributed by atoms with Gasteiger partial charge >= 0.3 is 5.97 Å². The maximum Gasteiger partial charge on any atom is 0.317 e. The van der Waals surface area contributed by atoms with Gasteiger partial charge in [0, 0.05) is 17.1 Å². The Morgan fingerprint density at radius 3 is 2.75 bits per heavy atom. The number of carboxylic acid groups (broad SMARTS) is 1. The molecule has 1 fully saturated rings. The minimum absolute atomic E-state index is 0.0916. The standard InChI is InChI=1S/C15H20BrNO3/c1-20-13-6-7-14(16)11(8-13)9-17(10-15(18)19)12-4-2-3-5-12/h6-8,12H,2-5,9-10H2,1H3,(H,18,19). The summed E-state index contributed by atoms with van der Waals surface area (Å²) in [5.74, 6) is 0.0285. The highest BCUT2D eigenvalue weighted by atomic mass is 79.9. The highest BCUT2D eigenvalue weighted by molar-refractivity contribution is 9.10. The third-order valence-corrected chi connectivity index (χ3v) is 4.58. The molecule has 0 aliphatic heterocycles. The van der Waals surface area contributed by atoms with Crippen LogP contribution in [0.1, 0.15) is 31.2 Å². The van der Waals surface area contributed by atoms with Crippen LogP contribution in [0.25, 0.3) is 0 Å². The summed E-state index contributed by atoms with van der Waals surface area (Å²) in [6.45, 7) is 0.725. The van der Waals surface area contributed by atoms with E-state index in [1.54, 1.807) is 7.11 Å². The summed E-state index contributed by atoms with van der Waals surface area (Å²) in [4.78, 5) is 13.2. The van der Waals surface area contributed by atoms with Crippen molar-refractivity contribution in [3.63, 3.8) is 0 Å². The zero-order valence-electron chi connectivity index (χ0n) is 11.6. The first-order chi connectivity index (χ1) is 9.60. The molecule has 1 aliphatic carbocycles. The SMILES string of the molecule is COc1ccc(Br)c(CN(CC(=O)O)C2CCCC2)c1. The van der Waals surface area contributed by atoms with E-state index in [9.17, 15) is 4.79 Å². The molecule has 1 saturated carbocycles. The molecular weight excluding hydrogens is 322 g/mol. The Bertz CT molecular complexity index is 472. The maximum atomic E-state index is 11.1. The van der Waals surface area contributed by atoms with Crippen LogP contribution in [0, 0.1) is 0 Å². The predicted octanol–water partition coefficient (Wildman–Crippen LogP) is 3.29. The first kappa shape index (κ1) is 15.3. The van der Waals surface area contributed by atoms with Gasteiger partial charge in [0.2, 0.25) is 0 Å². The number of methoxy groups -OCH3 is 1. The third kappa shape index (κ3) is 3.96. The average Bonchev–Trinajstić information content (AvgIpc) is 2.94. The molecule has 0 heterocycles. The molecule has 1 aromatic rings. The van der Waals surface area contributed by atoms with Crippen molar-refractivity contribution in [1.82, 2.24) is 4.90 Å². The zero-order valence-corrected chi connectivity index (χ0v) is 13.2. The quantitative estimate of drug-likeness (QED) is 0.862. The number of rotatable bonds is 6. The molecule has 0 saturated heterocycles. The average molecular weight is 342 g/mol. The summed E-state index contributed by atoms with van der Waals surface area (Å²) >= 11 is 3.53. The first-order valence-electron chi connectivity index (χ1n) is 6.88. The van der Waals surface area contributed by atoms with Crippen molar-refractivity contribution in [3.8, 4) is 5.75 Å². The highest BCUT2D eigenvalue weighted by Crippen LogP contribution is 2.28. The molecule has 0 bridgehead atoms. The fourth-order valence-corrected chi connectivity index (χ4v) is 3.15. The summed E-state index contributed by atoms with van der Waals surface area (Å²) in [5.41, 5.74) is 1.07. The van der Waals surface area contributed by atoms with Crippen LogP contribution in [0.5, 0.6) is 5.75 Å². The van der Waals surface area contributed by atoms with Crippen LogP contribution in [0.3, 0.4) is 0 Å². The number of halogens is 1. The first-order valence-corrected chi connectivity index (χ1v) is 7.67. The van der Waals surface area contributed by atoms with Gasteiger partial charge in [-0.1, -0.05) is 28.8 Å². The van der Waals surface area contributed by atoms with Crippen LogP contribution < -0.4 is 4.74 Å². The summed E-state index contributed by atoms with van der Waals surface area (Å²) < 4.78 is 6.23. The minimum atomic E-state index is -0.768. The number of carbonyl (C=O) groups is 1. The number of hydrogen-bond acceptors (Lipinski definition) is 3. The lowest BCUT2D eigenvalue weighted by Crippen LogP contribution is -2.37.